The van der Waals surface area contributed by atoms with Crippen molar-refractivity contribution in [3.8, 4) is 0 Å². The molecule has 1 aromatic carbocycles. The van der Waals surface area contributed by atoms with Gasteiger partial charge in [-0.2, -0.15) is 0 Å². The third kappa shape index (κ3) is 6.47. The highest BCUT2D eigenvalue weighted by atomic mass is 35.5. The summed E-state index contributed by atoms with van der Waals surface area (Å²) in [5.74, 6) is 0. The van der Waals surface area contributed by atoms with Crippen LogP contribution in [0.25, 0.3) is 0 Å². The van der Waals surface area contributed by atoms with E-state index < -0.39 is 10.0 Å². The van der Waals surface area contributed by atoms with Crippen molar-refractivity contribution in [1.82, 2.24) is 9.71 Å². The molecule has 1 aromatic heterocycles. The third-order valence-corrected chi connectivity index (χ3v) is 5.52. The zero-order valence-corrected chi connectivity index (χ0v) is 16.9. The molecule has 0 aliphatic rings. The van der Waals surface area contributed by atoms with Crippen LogP contribution in [0.5, 0.6) is 0 Å². The molecule has 6 nitrogen and oxygen atoms in total. The van der Waals surface area contributed by atoms with E-state index in [1.807, 2.05) is 19.1 Å². The van der Waals surface area contributed by atoms with Gasteiger partial charge in [0, 0.05) is 42.1 Å². The lowest BCUT2D eigenvalue weighted by Crippen LogP contribution is -2.34. The van der Waals surface area contributed by atoms with E-state index in [9.17, 15) is 8.42 Å². The van der Waals surface area contributed by atoms with Gasteiger partial charge < -0.3 is 10.2 Å². The molecule has 0 aliphatic heterocycles. The number of hydrogen-bond donors (Lipinski definition) is 2. The lowest BCUT2D eigenvalue weighted by Gasteiger charge is -2.24. The molecule has 0 saturated heterocycles. The SMILES string of the molecule is CCN(CCNS(C)(=O)=O)c1ccc(NCc2cnc(Cl)s2)c(C)c1. The second kappa shape index (κ2) is 8.84. The topological polar surface area (TPSA) is 74.3 Å². The average Bonchev–Trinajstić information content (AvgIpc) is 2.95. The molecule has 25 heavy (non-hydrogen) atoms. The number of sulfonamides is 1. The molecule has 2 aromatic rings. The standard InChI is InChI=1S/C16H23ClN4O2S2/c1-4-21(8-7-20-25(3,22)23)13-5-6-15(12(2)9-13)18-10-14-11-19-16(17)24-14/h5-6,9,11,18,20H,4,7-8,10H2,1-3H3. The van der Waals surface area contributed by atoms with Crippen LogP contribution >= 0.6 is 22.9 Å². The number of likely N-dealkylation sites (N-methyl/N-ethyl adjacent to an activating group) is 1. The maximum Gasteiger partial charge on any atom is 0.208 e. The van der Waals surface area contributed by atoms with Gasteiger partial charge in [0.2, 0.25) is 10.0 Å². The molecule has 2 N–H and O–H groups in total. The number of anilines is 2. The predicted octanol–water partition coefficient (Wildman–Crippen LogP) is 3.09. The molecule has 138 valence electrons. The maximum atomic E-state index is 11.2. The largest absolute Gasteiger partial charge is 0.380 e. The second-order valence-electron chi connectivity index (χ2n) is 5.68. The number of aromatic nitrogens is 1. The zero-order valence-electron chi connectivity index (χ0n) is 14.5. The van der Waals surface area contributed by atoms with E-state index in [2.05, 4.69) is 32.9 Å². The number of thiazole rings is 1. The molecule has 9 heteroatoms. The molecule has 1 heterocycles. The van der Waals surface area contributed by atoms with Crippen molar-refractivity contribution in [3.05, 3.63) is 39.3 Å². The van der Waals surface area contributed by atoms with Gasteiger partial charge in [0.25, 0.3) is 0 Å². The van der Waals surface area contributed by atoms with Gasteiger partial charge in [-0.1, -0.05) is 11.6 Å². The maximum absolute atomic E-state index is 11.2. The van der Waals surface area contributed by atoms with Crippen LogP contribution in [-0.4, -0.2) is 39.3 Å². The zero-order chi connectivity index (χ0) is 18.4. The number of halogens is 1. The fourth-order valence-electron chi connectivity index (χ4n) is 2.43. The van der Waals surface area contributed by atoms with Crippen molar-refractivity contribution >= 4 is 44.3 Å². The van der Waals surface area contributed by atoms with Crippen molar-refractivity contribution < 1.29 is 8.42 Å². The molecule has 0 unspecified atom stereocenters. The van der Waals surface area contributed by atoms with Crippen molar-refractivity contribution in [2.45, 2.75) is 20.4 Å². The van der Waals surface area contributed by atoms with Crippen molar-refractivity contribution in [2.24, 2.45) is 0 Å². The number of aryl methyl sites for hydroxylation is 1. The highest BCUT2D eigenvalue weighted by Gasteiger charge is 2.08. The highest BCUT2D eigenvalue weighted by molar-refractivity contribution is 7.88. The van der Waals surface area contributed by atoms with Crippen LogP contribution in [0.15, 0.2) is 24.4 Å². The first-order chi connectivity index (χ1) is 11.8. The fraction of sp³-hybridized carbons (Fsp3) is 0.438. The second-order valence-corrected chi connectivity index (χ2v) is 9.21. The first-order valence-corrected chi connectivity index (χ1v) is 11.0. The van der Waals surface area contributed by atoms with Crippen molar-refractivity contribution in [3.63, 3.8) is 0 Å². The van der Waals surface area contributed by atoms with Crippen LogP contribution in [-0.2, 0) is 16.6 Å². The summed E-state index contributed by atoms with van der Waals surface area (Å²) in [6.07, 6.45) is 2.95. The summed E-state index contributed by atoms with van der Waals surface area (Å²) < 4.78 is 25.4. The van der Waals surface area contributed by atoms with Gasteiger partial charge in [-0.25, -0.2) is 18.1 Å². The van der Waals surface area contributed by atoms with Gasteiger partial charge in [0.05, 0.1) is 12.8 Å². The quantitative estimate of drug-likeness (QED) is 0.674. The minimum Gasteiger partial charge on any atom is -0.380 e. The predicted molar refractivity (Wildman–Crippen MR) is 106 cm³/mol. The first-order valence-electron chi connectivity index (χ1n) is 7.93. The fourth-order valence-corrected chi connectivity index (χ4v) is 3.81. The Morgan fingerprint density at radius 3 is 2.68 bits per heavy atom. The summed E-state index contributed by atoms with van der Waals surface area (Å²) in [6.45, 7) is 6.59. The first kappa shape index (κ1) is 20.0. The van der Waals surface area contributed by atoms with Crippen LogP contribution in [0.4, 0.5) is 11.4 Å². The van der Waals surface area contributed by atoms with Crippen LogP contribution in [0, 0.1) is 6.92 Å². The van der Waals surface area contributed by atoms with Crippen LogP contribution in [0.2, 0.25) is 4.47 Å². The van der Waals surface area contributed by atoms with Crippen LogP contribution < -0.4 is 14.9 Å². The Bertz CT molecular complexity index is 808. The Labute approximate surface area is 158 Å². The number of nitrogens with one attached hydrogen (secondary N) is 2. The van der Waals surface area contributed by atoms with E-state index in [4.69, 9.17) is 11.6 Å². The number of nitrogens with zero attached hydrogens (tertiary/aromatic N) is 2. The summed E-state index contributed by atoms with van der Waals surface area (Å²) in [5.41, 5.74) is 3.25. The van der Waals surface area contributed by atoms with E-state index in [1.54, 1.807) is 6.20 Å². The van der Waals surface area contributed by atoms with Crippen LogP contribution in [0.1, 0.15) is 17.4 Å². The number of rotatable bonds is 9. The Morgan fingerprint density at radius 2 is 2.12 bits per heavy atom. The van der Waals surface area contributed by atoms with Crippen molar-refractivity contribution in [2.75, 3.05) is 36.1 Å². The van der Waals surface area contributed by atoms with E-state index in [0.29, 0.717) is 24.1 Å². The molecule has 0 radical (unpaired) electrons. The molecule has 0 saturated carbocycles. The van der Waals surface area contributed by atoms with E-state index >= 15 is 0 Å². The summed E-state index contributed by atoms with van der Waals surface area (Å²) in [4.78, 5) is 7.25. The summed E-state index contributed by atoms with van der Waals surface area (Å²) >= 11 is 7.31. The van der Waals surface area contributed by atoms with Gasteiger partial charge in [-0.3, -0.25) is 0 Å². The lowest BCUT2D eigenvalue weighted by atomic mass is 10.1. The minimum absolute atomic E-state index is 0.387. The van der Waals surface area contributed by atoms with E-state index in [0.717, 1.165) is 28.4 Å². The van der Waals surface area contributed by atoms with Gasteiger partial charge in [0.15, 0.2) is 4.47 Å². The summed E-state index contributed by atoms with van der Waals surface area (Å²) in [7, 11) is -3.16. The Kier molecular flexibility index (Phi) is 7.06. The molecule has 0 atom stereocenters. The normalized spacial score (nSPS) is 11.5. The smallest absolute Gasteiger partial charge is 0.208 e. The highest BCUT2D eigenvalue weighted by Crippen LogP contribution is 2.24. The van der Waals surface area contributed by atoms with Gasteiger partial charge in [0.1, 0.15) is 0 Å². The van der Waals surface area contributed by atoms with Gasteiger partial charge in [-0.05, 0) is 37.6 Å². The molecular weight excluding hydrogens is 380 g/mol. The summed E-state index contributed by atoms with van der Waals surface area (Å²) in [5, 5.41) is 3.39. The minimum atomic E-state index is -3.16. The molecule has 0 aliphatic carbocycles. The van der Waals surface area contributed by atoms with E-state index in [-0.39, 0.29) is 0 Å². The third-order valence-electron chi connectivity index (χ3n) is 3.68. The molecule has 2 rings (SSSR count). The Hall–Kier alpha value is -1.35. The number of hydrogen-bond acceptors (Lipinski definition) is 6. The molecule has 0 bridgehead atoms. The van der Waals surface area contributed by atoms with Gasteiger partial charge >= 0.3 is 0 Å². The number of benzene rings is 1. The monoisotopic (exact) mass is 402 g/mol. The molecular formula is C16H23ClN4O2S2. The van der Waals surface area contributed by atoms with Gasteiger partial charge in [-0.15, -0.1) is 11.3 Å². The average molecular weight is 403 g/mol. The molecule has 0 fully saturated rings. The van der Waals surface area contributed by atoms with Crippen molar-refractivity contribution in [1.29, 1.82) is 0 Å². The summed E-state index contributed by atoms with van der Waals surface area (Å²) in [6, 6.07) is 6.19. The molecule has 0 spiro atoms. The van der Waals surface area contributed by atoms with E-state index in [1.165, 1.54) is 17.6 Å². The van der Waals surface area contributed by atoms with Crippen LogP contribution in [0.3, 0.4) is 0 Å². The Balaban J connectivity index is 1.98. The lowest BCUT2D eigenvalue weighted by molar-refractivity contribution is 0.587. The Morgan fingerprint density at radius 1 is 1.36 bits per heavy atom. The molecule has 0 amide bonds.